The quantitative estimate of drug-likeness (QED) is 0.768. The van der Waals surface area contributed by atoms with E-state index in [0.717, 1.165) is 45.7 Å². The van der Waals surface area contributed by atoms with Crippen molar-refractivity contribution in [3.8, 4) is 21.1 Å². The van der Waals surface area contributed by atoms with Crippen LogP contribution in [0.2, 0.25) is 0 Å². The molecule has 0 unspecified atom stereocenters. The first-order valence-electron chi connectivity index (χ1n) is 8.21. The Balaban J connectivity index is 1.53. The number of aromatic nitrogens is 2. The molecule has 0 bridgehead atoms. The molecule has 1 amide bonds. The monoisotopic (exact) mass is 370 g/mol. The molecule has 1 saturated heterocycles. The van der Waals surface area contributed by atoms with Crippen LogP contribution in [0, 0.1) is 0 Å². The van der Waals surface area contributed by atoms with Crippen LogP contribution < -0.4 is 5.32 Å². The normalized spacial score (nSPS) is 17.6. The van der Waals surface area contributed by atoms with E-state index in [0.29, 0.717) is 6.04 Å². The van der Waals surface area contributed by atoms with Crippen LogP contribution in [0.5, 0.6) is 0 Å². The minimum Gasteiger partial charge on any atom is -0.335 e. The lowest BCUT2D eigenvalue weighted by Crippen LogP contribution is -2.51. The molecule has 1 N–H and O–H groups in total. The zero-order valence-corrected chi connectivity index (χ0v) is 15.4. The minimum atomic E-state index is 0.109. The maximum absolute atomic E-state index is 12.7. The average molecular weight is 371 g/mol. The van der Waals surface area contributed by atoms with Gasteiger partial charge >= 0.3 is 0 Å². The molecule has 1 aliphatic heterocycles. The molecule has 7 heteroatoms. The Labute approximate surface area is 154 Å². The first-order chi connectivity index (χ1) is 12.2. The highest BCUT2D eigenvalue weighted by Gasteiger charge is 2.23. The number of amides is 1. The van der Waals surface area contributed by atoms with Crippen molar-refractivity contribution in [2.24, 2.45) is 0 Å². The highest BCUT2D eigenvalue weighted by Crippen LogP contribution is 2.32. The van der Waals surface area contributed by atoms with E-state index < -0.39 is 0 Å². The Morgan fingerprint density at radius 1 is 1.20 bits per heavy atom. The fourth-order valence-corrected chi connectivity index (χ4v) is 4.64. The number of carbonyl (C=O) groups excluding carboxylic acids is 1. The van der Waals surface area contributed by atoms with Crippen LogP contribution in [0.25, 0.3) is 21.1 Å². The second-order valence-corrected chi connectivity index (χ2v) is 7.97. The lowest BCUT2D eigenvalue weighted by atomic mass is 10.2. The van der Waals surface area contributed by atoms with Crippen molar-refractivity contribution < 1.29 is 4.79 Å². The van der Waals surface area contributed by atoms with Gasteiger partial charge < -0.3 is 10.2 Å². The van der Waals surface area contributed by atoms with Gasteiger partial charge in [-0.1, -0.05) is 41.7 Å². The van der Waals surface area contributed by atoms with E-state index >= 15 is 0 Å². The third kappa shape index (κ3) is 3.49. The standard InChI is InChI=1S/C18H18N4OS2/c1-12-10-22(8-7-19-12)18(23)15-9-14(11-24-15)17-21-20-16(25-17)13-5-3-2-4-6-13/h2-6,9,11-12,19H,7-8,10H2,1H3/t12-/m0/s1. The Kier molecular flexibility index (Phi) is 4.61. The highest BCUT2D eigenvalue weighted by atomic mass is 32.1. The number of benzene rings is 1. The van der Waals surface area contributed by atoms with Gasteiger partial charge in [0, 0.05) is 42.2 Å². The number of hydrogen-bond acceptors (Lipinski definition) is 6. The van der Waals surface area contributed by atoms with Gasteiger partial charge in [0.2, 0.25) is 0 Å². The van der Waals surface area contributed by atoms with E-state index in [1.54, 1.807) is 11.3 Å². The zero-order chi connectivity index (χ0) is 17.2. The van der Waals surface area contributed by atoms with Crippen molar-refractivity contribution in [1.29, 1.82) is 0 Å². The SMILES string of the molecule is C[C@H]1CN(C(=O)c2cc(-c3nnc(-c4ccccc4)s3)cs2)CCN1. The fraction of sp³-hybridized carbons (Fsp3) is 0.278. The molecule has 1 atom stereocenters. The van der Waals surface area contributed by atoms with Crippen LogP contribution in [0.4, 0.5) is 0 Å². The number of carbonyl (C=O) groups is 1. The third-order valence-corrected chi connectivity index (χ3v) is 6.10. The first kappa shape index (κ1) is 16.4. The Hall–Kier alpha value is -2.09. The Morgan fingerprint density at radius 3 is 2.72 bits per heavy atom. The molecule has 25 heavy (non-hydrogen) atoms. The first-order valence-corrected chi connectivity index (χ1v) is 9.91. The Bertz CT molecular complexity index is 874. The number of nitrogens with zero attached hydrogens (tertiary/aromatic N) is 3. The van der Waals surface area contributed by atoms with Gasteiger partial charge in [0.05, 0.1) is 4.88 Å². The van der Waals surface area contributed by atoms with Gasteiger partial charge in [-0.2, -0.15) is 0 Å². The Morgan fingerprint density at radius 2 is 1.96 bits per heavy atom. The number of hydrogen-bond donors (Lipinski definition) is 1. The van der Waals surface area contributed by atoms with Crippen LogP contribution in [-0.2, 0) is 0 Å². The second kappa shape index (κ2) is 7.03. The topological polar surface area (TPSA) is 58.1 Å². The molecule has 0 radical (unpaired) electrons. The molecule has 3 heterocycles. The smallest absolute Gasteiger partial charge is 0.264 e. The molecule has 1 fully saturated rings. The summed E-state index contributed by atoms with van der Waals surface area (Å²) in [6.07, 6.45) is 0. The fourth-order valence-electron chi connectivity index (χ4n) is 2.87. The van der Waals surface area contributed by atoms with Gasteiger partial charge in [0.1, 0.15) is 10.0 Å². The van der Waals surface area contributed by atoms with Crippen molar-refractivity contribution >= 4 is 28.6 Å². The maximum atomic E-state index is 12.7. The van der Waals surface area contributed by atoms with Crippen molar-refractivity contribution in [1.82, 2.24) is 20.4 Å². The molecular weight excluding hydrogens is 352 g/mol. The van der Waals surface area contributed by atoms with Gasteiger partial charge in [-0.15, -0.1) is 21.5 Å². The lowest BCUT2D eigenvalue weighted by molar-refractivity contribution is 0.0714. The summed E-state index contributed by atoms with van der Waals surface area (Å²) in [6.45, 7) is 4.46. The summed E-state index contributed by atoms with van der Waals surface area (Å²) >= 11 is 3.03. The molecule has 128 valence electrons. The van der Waals surface area contributed by atoms with E-state index in [1.807, 2.05) is 46.7 Å². The van der Waals surface area contributed by atoms with Gasteiger partial charge in [-0.3, -0.25) is 4.79 Å². The van der Waals surface area contributed by atoms with Gasteiger partial charge in [-0.25, -0.2) is 0 Å². The largest absolute Gasteiger partial charge is 0.335 e. The van der Waals surface area contributed by atoms with Crippen molar-refractivity contribution in [3.05, 3.63) is 46.7 Å². The zero-order valence-electron chi connectivity index (χ0n) is 13.8. The highest BCUT2D eigenvalue weighted by molar-refractivity contribution is 7.18. The molecule has 0 aliphatic carbocycles. The van der Waals surface area contributed by atoms with Crippen molar-refractivity contribution in [2.75, 3.05) is 19.6 Å². The van der Waals surface area contributed by atoms with Crippen LogP contribution in [-0.4, -0.2) is 46.7 Å². The molecule has 5 nitrogen and oxygen atoms in total. The van der Waals surface area contributed by atoms with Crippen molar-refractivity contribution in [2.45, 2.75) is 13.0 Å². The molecular formula is C18H18N4OS2. The molecule has 3 aromatic rings. The predicted octanol–water partition coefficient (Wildman–Crippen LogP) is 3.37. The summed E-state index contributed by atoms with van der Waals surface area (Å²) in [4.78, 5) is 15.4. The van der Waals surface area contributed by atoms with Crippen LogP contribution >= 0.6 is 22.7 Å². The second-order valence-electron chi connectivity index (χ2n) is 6.08. The van der Waals surface area contributed by atoms with Crippen molar-refractivity contribution in [3.63, 3.8) is 0 Å². The van der Waals surface area contributed by atoms with E-state index in [9.17, 15) is 4.79 Å². The summed E-state index contributed by atoms with van der Waals surface area (Å²) in [6, 6.07) is 12.3. The molecule has 0 spiro atoms. The summed E-state index contributed by atoms with van der Waals surface area (Å²) in [7, 11) is 0. The predicted molar refractivity (Wildman–Crippen MR) is 102 cm³/mol. The van der Waals surface area contributed by atoms with Crippen LogP contribution in [0.15, 0.2) is 41.8 Å². The van der Waals surface area contributed by atoms with Gasteiger partial charge in [0.15, 0.2) is 0 Å². The summed E-state index contributed by atoms with van der Waals surface area (Å²) in [5.41, 5.74) is 2.03. The summed E-state index contributed by atoms with van der Waals surface area (Å²) < 4.78 is 0. The number of thiophene rings is 1. The molecule has 1 aliphatic rings. The minimum absolute atomic E-state index is 0.109. The van der Waals surface area contributed by atoms with E-state index in [-0.39, 0.29) is 5.91 Å². The number of nitrogens with one attached hydrogen (secondary N) is 1. The maximum Gasteiger partial charge on any atom is 0.264 e. The van der Waals surface area contributed by atoms with E-state index in [1.165, 1.54) is 11.3 Å². The molecule has 0 saturated carbocycles. The van der Waals surface area contributed by atoms with Gasteiger partial charge in [-0.05, 0) is 13.0 Å². The number of rotatable bonds is 3. The van der Waals surface area contributed by atoms with Gasteiger partial charge in [0.25, 0.3) is 5.91 Å². The lowest BCUT2D eigenvalue weighted by Gasteiger charge is -2.31. The average Bonchev–Trinajstić information content (AvgIpc) is 3.31. The van der Waals surface area contributed by atoms with E-state index in [2.05, 4.69) is 22.4 Å². The van der Waals surface area contributed by atoms with Crippen LogP contribution in [0.1, 0.15) is 16.6 Å². The number of piperazine rings is 1. The molecule has 1 aromatic carbocycles. The summed E-state index contributed by atoms with van der Waals surface area (Å²) in [5.74, 6) is 0.109. The third-order valence-electron chi connectivity index (χ3n) is 4.16. The van der Waals surface area contributed by atoms with Crippen LogP contribution in [0.3, 0.4) is 0 Å². The van der Waals surface area contributed by atoms with E-state index in [4.69, 9.17) is 0 Å². The molecule has 4 rings (SSSR count). The summed E-state index contributed by atoms with van der Waals surface area (Å²) in [5, 5.41) is 15.7. The molecule has 2 aromatic heterocycles.